The quantitative estimate of drug-likeness (QED) is 0.363. The molecule has 0 bridgehead atoms. The molecule has 2 aromatic heterocycles. The molecule has 1 fully saturated rings. The van der Waals surface area contributed by atoms with Crippen LogP contribution in [0.4, 0.5) is 5.82 Å². The molecular formula is C26H30ClN7O3. The fourth-order valence-electron chi connectivity index (χ4n) is 4.96. The Kier molecular flexibility index (Phi) is 7.57. The first-order valence-electron chi connectivity index (χ1n) is 11.9. The van der Waals surface area contributed by atoms with Crippen molar-refractivity contribution < 1.29 is 14.3 Å². The lowest BCUT2D eigenvalue weighted by atomic mass is 10.1. The Morgan fingerprint density at radius 2 is 2.14 bits per heavy atom. The van der Waals surface area contributed by atoms with Gasteiger partial charge in [-0.05, 0) is 44.4 Å². The molecule has 1 aliphatic rings. The van der Waals surface area contributed by atoms with Gasteiger partial charge < -0.3 is 25.3 Å². The summed E-state index contributed by atoms with van der Waals surface area (Å²) in [4.78, 5) is 31.2. The van der Waals surface area contributed by atoms with Crippen molar-refractivity contribution in [1.82, 2.24) is 24.2 Å². The lowest BCUT2D eigenvalue weighted by Crippen LogP contribution is -2.37. The minimum atomic E-state index is -0.663. The van der Waals surface area contributed by atoms with Gasteiger partial charge in [-0.25, -0.2) is 9.67 Å². The molecule has 3 aromatic rings. The van der Waals surface area contributed by atoms with E-state index >= 15 is 0 Å². The predicted octanol–water partition coefficient (Wildman–Crippen LogP) is 2.73. The number of aromatic nitrogens is 4. The molecular weight excluding hydrogens is 494 g/mol. The highest BCUT2D eigenvalue weighted by Crippen LogP contribution is 2.33. The van der Waals surface area contributed by atoms with Crippen LogP contribution in [0.3, 0.4) is 0 Å². The lowest BCUT2D eigenvalue weighted by Gasteiger charge is -2.22. The van der Waals surface area contributed by atoms with E-state index in [-0.39, 0.29) is 29.2 Å². The van der Waals surface area contributed by atoms with Crippen LogP contribution in [0.25, 0.3) is 11.0 Å². The van der Waals surface area contributed by atoms with Gasteiger partial charge in [-0.1, -0.05) is 24.1 Å². The highest BCUT2D eigenvalue weighted by atomic mass is 35.5. The van der Waals surface area contributed by atoms with Crippen LogP contribution in [0.15, 0.2) is 24.8 Å². The molecule has 1 aliphatic heterocycles. The first kappa shape index (κ1) is 26.3. The van der Waals surface area contributed by atoms with Crippen molar-refractivity contribution in [1.29, 1.82) is 0 Å². The number of carbonyl (C=O) groups excluding carboxylic acids is 2. The summed E-state index contributed by atoms with van der Waals surface area (Å²) in [6.07, 6.45) is 1.86. The zero-order chi connectivity index (χ0) is 26.9. The van der Waals surface area contributed by atoms with Gasteiger partial charge in [-0.15, -0.1) is 0 Å². The van der Waals surface area contributed by atoms with Gasteiger partial charge in [0.1, 0.15) is 22.7 Å². The van der Waals surface area contributed by atoms with Crippen LogP contribution in [0.1, 0.15) is 46.8 Å². The van der Waals surface area contributed by atoms with E-state index in [0.29, 0.717) is 41.5 Å². The number of halogens is 1. The maximum absolute atomic E-state index is 12.5. The number of hydrogen-bond acceptors (Lipinski definition) is 6. The Labute approximate surface area is 220 Å². The number of fused-ring (bicyclic) bond motifs is 1. The summed E-state index contributed by atoms with van der Waals surface area (Å²) in [6, 6.07) is 3.38. The van der Waals surface area contributed by atoms with Gasteiger partial charge in [0.05, 0.1) is 29.2 Å². The van der Waals surface area contributed by atoms with Gasteiger partial charge in [-0.2, -0.15) is 5.10 Å². The standard InChI is InChI=1S/C26H30ClN7O3/c1-6-21(35)33-13-17(12-18(33)14-37-5)34-26(29-4)22(25(28)36)19(31-34)10-8-16-9-11-20-24(23(16)27)30-15(3)32(20)7-2/h6,9,11,17-18,29H,1,7,12-14H2,2-5H3,(H2,28,36)/t17-,18+/m0/s1. The van der Waals surface area contributed by atoms with Crippen LogP contribution in [0, 0.1) is 18.8 Å². The highest BCUT2D eigenvalue weighted by Gasteiger charge is 2.37. The average Bonchev–Trinajstić information content (AvgIpc) is 3.56. The van der Waals surface area contributed by atoms with Crippen molar-refractivity contribution in [2.45, 2.75) is 38.9 Å². The zero-order valence-corrected chi connectivity index (χ0v) is 22.1. The minimum absolute atomic E-state index is 0.155. The number of nitrogens with zero attached hydrogens (tertiary/aromatic N) is 5. The van der Waals surface area contributed by atoms with Crippen LogP contribution in [-0.4, -0.2) is 69.4 Å². The molecule has 37 heavy (non-hydrogen) atoms. The molecule has 2 amide bonds. The third-order valence-electron chi connectivity index (χ3n) is 6.63. The van der Waals surface area contributed by atoms with Crippen LogP contribution in [0.5, 0.6) is 0 Å². The maximum atomic E-state index is 12.5. The van der Waals surface area contributed by atoms with E-state index < -0.39 is 5.91 Å². The molecule has 194 valence electrons. The molecule has 11 heteroatoms. The molecule has 3 heterocycles. The Balaban J connectivity index is 1.76. The predicted molar refractivity (Wildman–Crippen MR) is 143 cm³/mol. The Morgan fingerprint density at radius 1 is 1.38 bits per heavy atom. The van der Waals surface area contributed by atoms with Crippen molar-refractivity contribution in [3.05, 3.63) is 52.5 Å². The van der Waals surface area contributed by atoms with Crippen LogP contribution in [-0.2, 0) is 16.1 Å². The van der Waals surface area contributed by atoms with Crippen molar-refractivity contribution in [3.63, 3.8) is 0 Å². The number of methoxy groups -OCH3 is 1. The van der Waals surface area contributed by atoms with Crippen molar-refractivity contribution in [2.24, 2.45) is 5.73 Å². The van der Waals surface area contributed by atoms with Gasteiger partial charge in [0.25, 0.3) is 5.91 Å². The Hall–Kier alpha value is -3.81. The third kappa shape index (κ3) is 4.68. The topological polar surface area (TPSA) is 120 Å². The second kappa shape index (κ2) is 10.7. The highest BCUT2D eigenvalue weighted by molar-refractivity contribution is 6.36. The summed E-state index contributed by atoms with van der Waals surface area (Å²) >= 11 is 6.66. The number of likely N-dealkylation sites (tertiary alicyclic amines) is 1. The molecule has 2 atom stereocenters. The van der Waals surface area contributed by atoms with E-state index in [2.05, 4.69) is 38.4 Å². The summed E-state index contributed by atoms with van der Waals surface area (Å²) in [5.41, 5.74) is 8.31. The molecule has 1 saturated heterocycles. The van der Waals surface area contributed by atoms with E-state index in [1.165, 1.54) is 6.08 Å². The zero-order valence-electron chi connectivity index (χ0n) is 21.3. The molecule has 1 aromatic carbocycles. The fraction of sp³-hybridized carbons (Fsp3) is 0.385. The molecule has 0 saturated carbocycles. The fourth-order valence-corrected chi connectivity index (χ4v) is 5.21. The lowest BCUT2D eigenvalue weighted by molar-refractivity contribution is -0.127. The number of carbonyl (C=O) groups is 2. The van der Waals surface area contributed by atoms with Gasteiger partial charge >= 0.3 is 0 Å². The largest absolute Gasteiger partial charge is 0.383 e. The van der Waals surface area contributed by atoms with Crippen molar-refractivity contribution in [3.8, 4) is 11.8 Å². The number of nitrogens with one attached hydrogen (secondary N) is 1. The first-order valence-corrected chi connectivity index (χ1v) is 12.3. The summed E-state index contributed by atoms with van der Waals surface area (Å²) in [5, 5.41) is 8.12. The average molecular weight is 524 g/mol. The van der Waals surface area contributed by atoms with E-state index in [0.717, 1.165) is 17.9 Å². The number of primary amides is 1. The number of amides is 2. The molecule has 3 N–H and O–H groups in total. The number of anilines is 1. The van der Waals surface area contributed by atoms with Gasteiger partial charge in [-0.3, -0.25) is 9.59 Å². The molecule has 0 radical (unpaired) electrons. The molecule has 10 nitrogen and oxygen atoms in total. The minimum Gasteiger partial charge on any atom is -0.383 e. The summed E-state index contributed by atoms with van der Waals surface area (Å²) in [5.74, 6) is 6.48. The maximum Gasteiger partial charge on any atom is 0.255 e. The molecule has 0 unspecified atom stereocenters. The van der Waals surface area contributed by atoms with E-state index in [1.54, 1.807) is 23.7 Å². The second-order valence-electron chi connectivity index (χ2n) is 8.77. The summed E-state index contributed by atoms with van der Waals surface area (Å²) in [6.45, 7) is 9.10. The normalized spacial score (nSPS) is 17.1. The molecule has 0 spiro atoms. The van der Waals surface area contributed by atoms with Crippen LogP contribution < -0.4 is 11.1 Å². The number of nitrogens with two attached hydrogens (primary N) is 1. The number of aryl methyl sites for hydroxylation is 2. The van der Waals surface area contributed by atoms with Gasteiger partial charge in [0.2, 0.25) is 5.91 Å². The van der Waals surface area contributed by atoms with Crippen molar-refractivity contribution in [2.75, 3.05) is 32.6 Å². The van der Waals surface area contributed by atoms with Gasteiger partial charge in [0, 0.05) is 32.8 Å². The first-order chi connectivity index (χ1) is 17.7. The smallest absolute Gasteiger partial charge is 0.255 e. The van der Waals surface area contributed by atoms with Crippen molar-refractivity contribution >= 4 is 40.3 Å². The van der Waals surface area contributed by atoms with Crippen LogP contribution >= 0.6 is 11.6 Å². The number of imidazole rings is 1. The van der Waals surface area contributed by atoms with E-state index in [1.807, 2.05) is 26.0 Å². The Morgan fingerprint density at radius 3 is 2.76 bits per heavy atom. The second-order valence-corrected chi connectivity index (χ2v) is 9.15. The Bertz CT molecular complexity index is 1450. The third-order valence-corrected chi connectivity index (χ3v) is 7.01. The summed E-state index contributed by atoms with van der Waals surface area (Å²) in [7, 11) is 3.27. The van der Waals surface area contributed by atoms with E-state index in [9.17, 15) is 9.59 Å². The van der Waals surface area contributed by atoms with E-state index in [4.69, 9.17) is 22.1 Å². The number of benzene rings is 1. The molecule has 0 aliphatic carbocycles. The number of rotatable bonds is 7. The number of ether oxygens (including phenoxy) is 1. The summed E-state index contributed by atoms with van der Waals surface area (Å²) < 4.78 is 9.07. The van der Waals surface area contributed by atoms with Gasteiger partial charge in [0.15, 0.2) is 5.69 Å². The van der Waals surface area contributed by atoms with Crippen LogP contribution in [0.2, 0.25) is 5.02 Å². The monoisotopic (exact) mass is 523 g/mol. The number of hydrogen-bond donors (Lipinski definition) is 2. The molecule has 4 rings (SSSR count). The SMILES string of the molecule is C=CC(=O)N1C[C@@H](n2nc(C#Cc3ccc4c(nc(C)n4CC)c3Cl)c(C(N)=O)c2NC)C[C@@H]1COC.